The third kappa shape index (κ3) is 5.06. The zero-order valence-electron chi connectivity index (χ0n) is 19.4. The van der Waals surface area contributed by atoms with E-state index in [9.17, 15) is 9.90 Å². The number of nitrogens with one attached hydrogen (secondary N) is 1. The summed E-state index contributed by atoms with van der Waals surface area (Å²) in [5.74, 6) is 0.697. The fourth-order valence-electron chi connectivity index (χ4n) is 4.45. The lowest BCUT2D eigenvalue weighted by molar-refractivity contribution is -0.108. The van der Waals surface area contributed by atoms with Crippen molar-refractivity contribution in [1.82, 2.24) is 14.9 Å². The van der Waals surface area contributed by atoms with Crippen LogP contribution in [0.1, 0.15) is 5.56 Å². The Balaban J connectivity index is 1.32. The first-order valence-electron chi connectivity index (χ1n) is 11.5. The smallest absolute Gasteiger partial charge is 0.227 e. The molecule has 0 bridgehead atoms. The van der Waals surface area contributed by atoms with E-state index in [0.717, 1.165) is 71.4 Å². The van der Waals surface area contributed by atoms with Crippen molar-refractivity contribution in [1.29, 1.82) is 0 Å². The molecule has 0 spiro atoms. The summed E-state index contributed by atoms with van der Waals surface area (Å²) in [5, 5.41) is 14.6. The van der Waals surface area contributed by atoms with Crippen LogP contribution in [-0.2, 0) is 4.79 Å². The van der Waals surface area contributed by atoms with Crippen LogP contribution < -0.4 is 10.2 Å². The summed E-state index contributed by atoms with van der Waals surface area (Å²) in [6.45, 7) is 6.10. The molecular formula is C27H26ClN5O2. The van der Waals surface area contributed by atoms with Crippen LogP contribution in [-0.4, -0.2) is 59.0 Å². The molecule has 35 heavy (non-hydrogen) atoms. The Morgan fingerprint density at radius 2 is 1.83 bits per heavy atom. The van der Waals surface area contributed by atoms with Gasteiger partial charge in [-0.2, -0.15) is 0 Å². The lowest BCUT2D eigenvalue weighted by atomic mass is 10.0. The van der Waals surface area contributed by atoms with Gasteiger partial charge in [0.1, 0.15) is 12.0 Å². The number of hydrogen-bond acceptors (Lipinski definition) is 7. The SMILES string of the molecule is Cc1cc(-c2cc(O)ccc2Cl)cc2cnc(Nc3ccc(N4CCN(CC=O)CC4)cc3)nc12. The first-order valence-corrected chi connectivity index (χ1v) is 11.9. The van der Waals surface area contributed by atoms with Crippen molar-refractivity contribution in [3.8, 4) is 16.9 Å². The summed E-state index contributed by atoms with van der Waals surface area (Å²) >= 11 is 6.36. The lowest BCUT2D eigenvalue weighted by Gasteiger charge is -2.35. The van der Waals surface area contributed by atoms with Crippen LogP contribution in [0.2, 0.25) is 5.02 Å². The summed E-state index contributed by atoms with van der Waals surface area (Å²) < 4.78 is 0. The Hall–Kier alpha value is -3.68. The van der Waals surface area contributed by atoms with Gasteiger partial charge in [-0.1, -0.05) is 11.6 Å². The molecule has 0 amide bonds. The number of anilines is 3. The van der Waals surface area contributed by atoms with Gasteiger partial charge in [-0.3, -0.25) is 4.90 Å². The number of aldehydes is 1. The molecule has 7 nitrogen and oxygen atoms in total. The zero-order valence-corrected chi connectivity index (χ0v) is 20.2. The lowest BCUT2D eigenvalue weighted by Crippen LogP contribution is -2.46. The predicted octanol–water partition coefficient (Wildman–Crippen LogP) is 5.03. The summed E-state index contributed by atoms with van der Waals surface area (Å²) in [6, 6.07) is 17.2. The molecule has 0 saturated carbocycles. The predicted molar refractivity (Wildman–Crippen MR) is 141 cm³/mol. The summed E-state index contributed by atoms with van der Waals surface area (Å²) in [6.07, 6.45) is 2.76. The molecule has 0 unspecified atom stereocenters. The van der Waals surface area contributed by atoms with E-state index in [4.69, 9.17) is 16.6 Å². The number of halogens is 1. The second-order valence-electron chi connectivity index (χ2n) is 8.71. The molecule has 4 aromatic rings. The summed E-state index contributed by atoms with van der Waals surface area (Å²) in [5.41, 5.74) is 5.59. The Bertz CT molecular complexity index is 1370. The number of aromatic hydroxyl groups is 1. The minimum Gasteiger partial charge on any atom is -0.508 e. The number of hydrogen-bond donors (Lipinski definition) is 2. The molecule has 1 fully saturated rings. The molecule has 1 aliphatic heterocycles. The maximum absolute atomic E-state index is 10.7. The largest absolute Gasteiger partial charge is 0.508 e. The number of carbonyl (C=O) groups is 1. The highest BCUT2D eigenvalue weighted by atomic mass is 35.5. The average molecular weight is 488 g/mol. The van der Waals surface area contributed by atoms with E-state index < -0.39 is 0 Å². The fraction of sp³-hybridized carbons (Fsp3) is 0.222. The van der Waals surface area contributed by atoms with Gasteiger partial charge >= 0.3 is 0 Å². The first-order chi connectivity index (χ1) is 17.0. The molecule has 5 rings (SSSR count). The van der Waals surface area contributed by atoms with Crippen LogP contribution in [0.3, 0.4) is 0 Å². The van der Waals surface area contributed by atoms with Gasteiger partial charge < -0.3 is 20.1 Å². The van der Waals surface area contributed by atoms with Crippen molar-refractivity contribution in [2.45, 2.75) is 6.92 Å². The van der Waals surface area contributed by atoms with Gasteiger partial charge in [0.2, 0.25) is 5.95 Å². The standard InChI is InChI=1S/C27H26ClN5O2/c1-18-14-19(24-16-23(35)6-7-25(24)28)15-20-17-29-27(31-26(18)20)30-21-2-4-22(5-3-21)33-10-8-32(9-11-33)12-13-34/h2-7,13-17,35H,8-12H2,1H3,(H,29,30,31). The molecule has 1 aliphatic rings. The molecule has 2 N–H and O–H groups in total. The molecule has 8 heteroatoms. The number of carbonyl (C=O) groups excluding carboxylic acids is 1. The Morgan fingerprint density at radius 3 is 2.57 bits per heavy atom. The van der Waals surface area contributed by atoms with Crippen LogP contribution in [0.4, 0.5) is 17.3 Å². The molecule has 1 aromatic heterocycles. The van der Waals surface area contributed by atoms with Crippen LogP contribution in [0.25, 0.3) is 22.0 Å². The maximum atomic E-state index is 10.7. The van der Waals surface area contributed by atoms with Crippen LogP contribution in [0.15, 0.2) is 60.8 Å². The van der Waals surface area contributed by atoms with Crippen molar-refractivity contribution in [2.75, 3.05) is 42.9 Å². The third-order valence-electron chi connectivity index (χ3n) is 6.33. The topological polar surface area (TPSA) is 81.6 Å². The van der Waals surface area contributed by atoms with E-state index in [1.807, 2.05) is 31.2 Å². The van der Waals surface area contributed by atoms with Crippen molar-refractivity contribution in [3.63, 3.8) is 0 Å². The minimum absolute atomic E-state index is 0.170. The highest BCUT2D eigenvalue weighted by Gasteiger charge is 2.16. The van der Waals surface area contributed by atoms with Crippen LogP contribution in [0, 0.1) is 6.92 Å². The van der Waals surface area contributed by atoms with E-state index in [1.165, 1.54) is 0 Å². The van der Waals surface area contributed by atoms with E-state index in [0.29, 0.717) is 17.5 Å². The van der Waals surface area contributed by atoms with Crippen molar-refractivity contribution >= 4 is 46.1 Å². The third-order valence-corrected chi connectivity index (χ3v) is 6.66. The quantitative estimate of drug-likeness (QED) is 0.369. The summed E-state index contributed by atoms with van der Waals surface area (Å²) in [7, 11) is 0. The molecule has 2 heterocycles. The van der Waals surface area contributed by atoms with Crippen molar-refractivity contribution < 1.29 is 9.90 Å². The minimum atomic E-state index is 0.170. The maximum Gasteiger partial charge on any atom is 0.227 e. The monoisotopic (exact) mass is 487 g/mol. The van der Waals surface area contributed by atoms with E-state index in [-0.39, 0.29) is 5.75 Å². The van der Waals surface area contributed by atoms with Crippen molar-refractivity contribution in [2.24, 2.45) is 0 Å². The Labute approximate surface area is 209 Å². The second kappa shape index (κ2) is 9.90. The molecule has 0 atom stereocenters. The number of piperazine rings is 1. The zero-order chi connectivity index (χ0) is 24.4. The number of benzene rings is 3. The van der Waals surface area contributed by atoms with Gasteiger partial charge in [0.05, 0.1) is 12.1 Å². The molecule has 3 aromatic carbocycles. The molecular weight excluding hydrogens is 462 g/mol. The Kier molecular flexibility index (Phi) is 6.53. The number of aryl methyl sites for hydroxylation is 1. The van der Waals surface area contributed by atoms with Crippen molar-refractivity contribution in [3.05, 3.63) is 71.4 Å². The molecule has 0 aliphatic carbocycles. The van der Waals surface area contributed by atoms with Gasteiger partial charge in [0.15, 0.2) is 0 Å². The molecule has 178 valence electrons. The number of rotatable bonds is 6. The van der Waals surface area contributed by atoms with Gasteiger partial charge in [-0.05, 0) is 72.6 Å². The molecule has 1 saturated heterocycles. The summed E-state index contributed by atoms with van der Waals surface area (Å²) in [4.78, 5) is 24.5. The second-order valence-corrected chi connectivity index (χ2v) is 9.12. The first kappa shape index (κ1) is 23.1. The van der Waals surface area contributed by atoms with E-state index in [1.54, 1.807) is 24.4 Å². The van der Waals surface area contributed by atoms with E-state index in [2.05, 4.69) is 32.2 Å². The molecule has 0 radical (unpaired) electrons. The highest BCUT2D eigenvalue weighted by Crippen LogP contribution is 2.34. The van der Waals surface area contributed by atoms with Gasteiger partial charge in [-0.25, -0.2) is 9.97 Å². The normalized spacial score (nSPS) is 14.3. The van der Waals surface area contributed by atoms with Gasteiger partial charge in [0, 0.05) is 59.7 Å². The fourth-order valence-corrected chi connectivity index (χ4v) is 4.68. The number of phenolic OH excluding ortho intramolecular Hbond substituents is 1. The van der Waals surface area contributed by atoms with Crippen LogP contribution in [0.5, 0.6) is 5.75 Å². The number of phenols is 1. The van der Waals surface area contributed by atoms with Crippen LogP contribution >= 0.6 is 11.6 Å². The number of aromatic nitrogens is 2. The number of nitrogens with zero attached hydrogens (tertiary/aromatic N) is 4. The number of fused-ring (bicyclic) bond motifs is 1. The van der Waals surface area contributed by atoms with E-state index >= 15 is 0 Å². The Morgan fingerprint density at radius 1 is 1.06 bits per heavy atom. The highest BCUT2D eigenvalue weighted by molar-refractivity contribution is 6.33. The average Bonchev–Trinajstić information content (AvgIpc) is 2.87. The van der Waals surface area contributed by atoms with Gasteiger partial charge in [0.25, 0.3) is 0 Å². The van der Waals surface area contributed by atoms with Gasteiger partial charge in [-0.15, -0.1) is 0 Å².